The van der Waals surface area contributed by atoms with Crippen LogP contribution in [0.3, 0.4) is 0 Å². The number of carbonyl (C=O) groups excluding carboxylic acids is 1. The first-order valence-corrected chi connectivity index (χ1v) is 8.34. The van der Waals surface area contributed by atoms with Crippen LogP contribution in [-0.2, 0) is 11.2 Å². The zero-order valence-corrected chi connectivity index (χ0v) is 15.1. The molecule has 26 heavy (non-hydrogen) atoms. The largest absolute Gasteiger partial charge is 0.341 e. The van der Waals surface area contributed by atoms with Crippen molar-refractivity contribution in [3.63, 3.8) is 0 Å². The number of carbonyl (C=O) groups is 1. The second-order valence-corrected chi connectivity index (χ2v) is 6.42. The monoisotopic (exact) mass is 375 g/mol. The number of amides is 1. The third-order valence-corrected chi connectivity index (χ3v) is 4.80. The summed E-state index contributed by atoms with van der Waals surface area (Å²) in [5.41, 5.74) is 7.78. The van der Waals surface area contributed by atoms with Gasteiger partial charge in [0.2, 0.25) is 5.91 Å². The Balaban J connectivity index is 0.00000243. The Hall–Kier alpha value is -2.44. The predicted octanol–water partition coefficient (Wildman–Crippen LogP) is 2.76. The van der Waals surface area contributed by atoms with Crippen molar-refractivity contribution >= 4 is 24.0 Å². The van der Waals surface area contributed by atoms with Crippen molar-refractivity contribution in [3.8, 4) is 0 Å². The SMILES string of the molecule is Cl.NC[C@@H]1CN(C(=O)Cc2cccc([N+](=O)[O-])c2)C[C@H]1c1ccccc1. The lowest BCUT2D eigenvalue weighted by molar-refractivity contribution is -0.384. The molecule has 0 bridgehead atoms. The van der Waals surface area contributed by atoms with Gasteiger partial charge in [-0.05, 0) is 23.6 Å². The minimum absolute atomic E-state index is 0. The lowest BCUT2D eigenvalue weighted by Crippen LogP contribution is -2.31. The molecule has 1 fully saturated rings. The maximum absolute atomic E-state index is 12.6. The van der Waals surface area contributed by atoms with Gasteiger partial charge in [0.05, 0.1) is 11.3 Å². The highest BCUT2D eigenvalue weighted by Gasteiger charge is 2.35. The Kier molecular flexibility index (Phi) is 6.71. The summed E-state index contributed by atoms with van der Waals surface area (Å²) in [7, 11) is 0. The summed E-state index contributed by atoms with van der Waals surface area (Å²) < 4.78 is 0. The highest BCUT2D eigenvalue weighted by molar-refractivity contribution is 5.85. The molecule has 2 aromatic rings. The molecule has 2 aromatic carbocycles. The Morgan fingerprint density at radius 2 is 1.88 bits per heavy atom. The van der Waals surface area contributed by atoms with E-state index in [9.17, 15) is 14.9 Å². The average Bonchev–Trinajstić information content (AvgIpc) is 3.07. The Bertz CT molecular complexity index is 770. The first kappa shape index (κ1) is 19.9. The number of nitro groups is 1. The molecule has 2 N–H and O–H groups in total. The fraction of sp³-hybridized carbons (Fsp3) is 0.316. The van der Waals surface area contributed by atoms with Gasteiger partial charge in [0.15, 0.2) is 0 Å². The van der Waals surface area contributed by atoms with E-state index in [0.29, 0.717) is 25.2 Å². The van der Waals surface area contributed by atoms with Crippen molar-refractivity contribution in [2.24, 2.45) is 11.7 Å². The molecule has 0 saturated carbocycles. The van der Waals surface area contributed by atoms with Gasteiger partial charge in [0.1, 0.15) is 0 Å². The smallest absolute Gasteiger partial charge is 0.269 e. The minimum atomic E-state index is -0.445. The van der Waals surface area contributed by atoms with Gasteiger partial charge in [-0.3, -0.25) is 14.9 Å². The molecule has 0 spiro atoms. The molecule has 1 aliphatic rings. The van der Waals surface area contributed by atoms with E-state index in [-0.39, 0.29) is 42.3 Å². The maximum atomic E-state index is 12.6. The van der Waals surface area contributed by atoms with Gasteiger partial charge in [-0.2, -0.15) is 0 Å². The number of hydrogen-bond acceptors (Lipinski definition) is 4. The Morgan fingerprint density at radius 3 is 2.54 bits per heavy atom. The Labute approximate surface area is 158 Å². The molecule has 6 nitrogen and oxygen atoms in total. The van der Waals surface area contributed by atoms with Crippen molar-refractivity contribution in [1.82, 2.24) is 4.90 Å². The highest BCUT2D eigenvalue weighted by atomic mass is 35.5. The summed E-state index contributed by atoms with van der Waals surface area (Å²) in [5.74, 6) is 0.453. The van der Waals surface area contributed by atoms with Crippen LogP contribution in [0.1, 0.15) is 17.0 Å². The van der Waals surface area contributed by atoms with Crippen LogP contribution in [0.15, 0.2) is 54.6 Å². The predicted molar refractivity (Wildman–Crippen MR) is 102 cm³/mol. The molecule has 0 aromatic heterocycles. The molecule has 0 aliphatic carbocycles. The number of hydrogen-bond donors (Lipinski definition) is 1. The third kappa shape index (κ3) is 4.39. The van der Waals surface area contributed by atoms with E-state index in [1.54, 1.807) is 12.1 Å². The number of likely N-dealkylation sites (tertiary alicyclic amines) is 1. The number of nitrogens with two attached hydrogens (primary N) is 1. The molecule has 1 heterocycles. The molecule has 7 heteroatoms. The fourth-order valence-corrected chi connectivity index (χ4v) is 3.46. The summed E-state index contributed by atoms with van der Waals surface area (Å²) in [4.78, 5) is 24.9. The van der Waals surface area contributed by atoms with Crippen molar-refractivity contribution in [2.75, 3.05) is 19.6 Å². The highest BCUT2D eigenvalue weighted by Crippen LogP contribution is 2.32. The van der Waals surface area contributed by atoms with Gasteiger partial charge in [0.25, 0.3) is 5.69 Å². The fourth-order valence-electron chi connectivity index (χ4n) is 3.46. The van der Waals surface area contributed by atoms with Gasteiger partial charge in [0, 0.05) is 31.1 Å². The lowest BCUT2D eigenvalue weighted by atomic mass is 9.89. The second kappa shape index (κ2) is 8.78. The van der Waals surface area contributed by atoms with Crippen LogP contribution in [0.4, 0.5) is 5.69 Å². The second-order valence-electron chi connectivity index (χ2n) is 6.42. The Morgan fingerprint density at radius 1 is 1.15 bits per heavy atom. The van der Waals surface area contributed by atoms with Crippen LogP contribution in [0.25, 0.3) is 0 Å². The summed E-state index contributed by atoms with van der Waals surface area (Å²) in [5, 5.41) is 10.9. The molecule has 2 atom stereocenters. The van der Waals surface area contributed by atoms with E-state index < -0.39 is 4.92 Å². The van der Waals surface area contributed by atoms with Crippen LogP contribution in [0.2, 0.25) is 0 Å². The zero-order chi connectivity index (χ0) is 17.8. The quantitative estimate of drug-likeness (QED) is 0.642. The van der Waals surface area contributed by atoms with Crippen LogP contribution < -0.4 is 5.73 Å². The number of halogens is 1. The molecule has 1 amide bonds. The summed E-state index contributed by atoms with van der Waals surface area (Å²) in [6.07, 6.45) is 0.167. The van der Waals surface area contributed by atoms with Crippen molar-refractivity contribution in [3.05, 3.63) is 75.8 Å². The normalized spacial score (nSPS) is 19.0. The third-order valence-electron chi connectivity index (χ3n) is 4.80. The maximum Gasteiger partial charge on any atom is 0.269 e. The lowest BCUT2D eigenvalue weighted by Gasteiger charge is -2.17. The number of nitro benzene ring substituents is 1. The number of nitrogens with zero attached hydrogens (tertiary/aromatic N) is 2. The van der Waals surface area contributed by atoms with Crippen LogP contribution in [0.5, 0.6) is 0 Å². The van der Waals surface area contributed by atoms with Crippen molar-refractivity contribution in [1.29, 1.82) is 0 Å². The molecular formula is C19H22ClN3O3. The number of non-ortho nitro benzene ring substituents is 1. The standard InChI is InChI=1S/C19H21N3O3.ClH/c20-11-16-12-21(13-18(16)15-6-2-1-3-7-15)19(23)10-14-5-4-8-17(9-14)22(24)25;/h1-9,16,18H,10-13,20H2;1H/t16-,18+;/m1./s1. The number of benzene rings is 2. The van der Waals surface area contributed by atoms with Gasteiger partial charge >= 0.3 is 0 Å². The zero-order valence-electron chi connectivity index (χ0n) is 14.3. The molecule has 1 saturated heterocycles. The molecule has 0 unspecified atom stereocenters. The van der Waals surface area contributed by atoms with E-state index >= 15 is 0 Å². The van der Waals surface area contributed by atoms with Gasteiger partial charge in [-0.1, -0.05) is 42.5 Å². The van der Waals surface area contributed by atoms with Crippen molar-refractivity contribution in [2.45, 2.75) is 12.3 Å². The van der Waals surface area contributed by atoms with Crippen LogP contribution >= 0.6 is 12.4 Å². The summed E-state index contributed by atoms with van der Waals surface area (Å²) in [6, 6.07) is 16.4. The van der Waals surface area contributed by atoms with E-state index in [0.717, 1.165) is 0 Å². The summed E-state index contributed by atoms with van der Waals surface area (Å²) >= 11 is 0. The van der Waals surface area contributed by atoms with Crippen LogP contribution in [-0.4, -0.2) is 35.4 Å². The molecule has 1 aliphatic heterocycles. The van der Waals surface area contributed by atoms with E-state index in [4.69, 9.17) is 5.73 Å². The van der Waals surface area contributed by atoms with E-state index in [1.807, 2.05) is 23.1 Å². The van der Waals surface area contributed by atoms with Crippen molar-refractivity contribution < 1.29 is 9.72 Å². The minimum Gasteiger partial charge on any atom is -0.341 e. The molecule has 138 valence electrons. The van der Waals surface area contributed by atoms with E-state index in [2.05, 4.69) is 12.1 Å². The van der Waals surface area contributed by atoms with Gasteiger partial charge < -0.3 is 10.6 Å². The molecule has 0 radical (unpaired) electrons. The summed E-state index contributed by atoms with van der Waals surface area (Å²) in [6.45, 7) is 1.80. The molecular weight excluding hydrogens is 354 g/mol. The van der Waals surface area contributed by atoms with Crippen LogP contribution in [0, 0.1) is 16.0 Å². The average molecular weight is 376 g/mol. The topological polar surface area (TPSA) is 89.5 Å². The van der Waals surface area contributed by atoms with Gasteiger partial charge in [-0.15, -0.1) is 12.4 Å². The number of rotatable bonds is 5. The first-order valence-electron chi connectivity index (χ1n) is 8.34. The molecule has 3 rings (SSSR count). The van der Waals surface area contributed by atoms with Gasteiger partial charge in [-0.25, -0.2) is 0 Å². The first-order chi connectivity index (χ1) is 12.1. The van der Waals surface area contributed by atoms with E-state index in [1.165, 1.54) is 17.7 Å².